The van der Waals surface area contributed by atoms with Crippen molar-refractivity contribution < 1.29 is 9.59 Å². The van der Waals surface area contributed by atoms with Crippen LogP contribution in [-0.2, 0) is 22.6 Å². The van der Waals surface area contributed by atoms with E-state index < -0.39 is 6.04 Å². The van der Waals surface area contributed by atoms with Crippen molar-refractivity contribution >= 4 is 46.1 Å². The standard InChI is InChI=1S/C31H33ClN4O2S/c1-21(2)30(31(38)33-25-14-16-26(17-15-25)35(3)4)36(29(37)18-22-8-6-5-7-9-22)19-28-34-27(20-39-28)23-10-12-24(32)13-11-23/h5-17,20-21,30H,18-19H2,1-4H3,(H,33,38). The number of rotatable bonds is 10. The second-order valence-electron chi connectivity index (χ2n) is 9.94. The first kappa shape index (κ1) is 28.3. The summed E-state index contributed by atoms with van der Waals surface area (Å²) in [5, 5.41) is 6.42. The lowest BCUT2D eigenvalue weighted by atomic mass is 10.00. The molecule has 0 aliphatic heterocycles. The predicted molar refractivity (Wildman–Crippen MR) is 161 cm³/mol. The van der Waals surface area contributed by atoms with E-state index in [-0.39, 0.29) is 30.7 Å². The van der Waals surface area contributed by atoms with Crippen LogP contribution in [0.3, 0.4) is 0 Å². The minimum absolute atomic E-state index is 0.124. The summed E-state index contributed by atoms with van der Waals surface area (Å²) in [5.41, 5.74) is 4.38. The fraction of sp³-hybridized carbons (Fsp3) is 0.258. The van der Waals surface area contributed by atoms with Crippen LogP contribution in [0.2, 0.25) is 5.02 Å². The molecular weight excluding hydrogens is 528 g/mol. The first-order valence-electron chi connectivity index (χ1n) is 12.8. The molecule has 2 amide bonds. The molecule has 0 fully saturated rings. The quantitative estimate of drug-likeness (QED) is 0.232. The molecule has 6 nitrogen and oxygen atoms in total. The van der Waals surface area contributed by atoms with Gasteiger partial charge in [-0.2, -0.15) is 0 Å². The third-order valence-electron chi connectivity index (χ3n) is 6.40. The van der Waals surface area contributed by atoms with E-state index in [1.54, 1.807) is 4.90 Å². The fourth-order valence-electron chi connectivity index (χ4n) is 4.36. The summed E-state index contributed by atoms with van der Waals surface area (Å²) in [6, 6.07) is 24.1. The van der Waals surface area contributed by atoms with Gasteiger partial charge in [-0.15, -0.1) is 11.3 Å². The van der Waals surface area contributed by atoms with Crippen LogP contribution in [0, 0.1) is 5.92 Å². The summed E-state index contributed by atoms with van der Waals surface area (Å²) >= 11 is 7.52. The Morgan fingerprint density at radius 3 is 2.23 bits per heavy atom. The number of hydrogen-bond acceptors (Lipinski definition) is 5. The van der Waals surface area contributed by atoms with E-state index in [1.165, 1.54) is 11.3 Å². The molecule has 0 aliphatic rings. The smallest absolute Gasteiger partial charge is 0.247 e. The van der Waals surface area contributed by atoms with Crippen LogP contribution in [0.25, 0.3) is 11.3 Å². The Kier molecular flexibility index (Phi) is 9.38. The number of amides is 2. The van der Waals surface area contributed by atoms with Crippen LogP contribution in [0.5, 0.6) is 0 Å². The highest BCUT2D eigenvalue weighted by Gasteiger charge is 2.33. The molecule has 1 unspecified atom stereocenters. The summed E-state index contributed by atoms with van der Waals surface area (Å²) in [6.07, 6.45) is 0.199. The molecule has 1 aromatic heterocycles. The number of aromatic nitrogens is 1. The highest BCUT2D eigenvalue weighted by Crippen LogP contribution is 2.26. The number of nitrogens with one attached hydrogen (secondary N) is 1. The second-order valence-corrected chi connectivity index (χ2v) is 11.3. The molecule has 1 heterocycles. The highest BCUT2D eigenvalue weighted by atomic mass is 35.5. The van der Waals surface area contributed by atoms with Crippen molar-refractivity contribution in [1.82, 2.24) is 9.88 Å². The first-order valence-corrected chi connectivity index (χ1v) is 14.1. The lowest BCUT2D eigenvalue weighted by Gasteiger charge is -2.33. The SMILES string of the molecule is CC(C)C(C(=O)Nc1ccc(N(C)C)cc1)N(Cc1nc(-c2ccc(Cl)cc2)cs1)C(=O)Cc1ccccc1. The van der Waals surface area contributed by atoms with Gasteiger partial charge in [0.1, 0.15) is 11.0 Å². The molecule has 0 saturated heterocycles. The number of halogens is 1. The summed E-state index contributed by atoms with van der Waals surface area (Å²) in [5.74, 6) is -0.471. The van der Waals surface area contributed by atoms with E-state index in [2.05, 4.69) is 5.32 Å². The number of carbonyl (C=O) groups is 2. The number of anilines is 2. The Morgan fingerprint density at radius 1 is 0.949 bits per heavy atom. The van der Waals surface area contributed by atoms with E-state index in [0.717, 1.165) is 27.5 Å². The highest BCUT2D eigenvalue weighted by molar-refractivity contribution is 7.09. The molecule has 4 rings (SSSR count). The van der Waals surface area contributed by atoms with Crippen molar-refractivity contribution in [3.63, 3.8) is 0 Å². The maximum Gasteiger partial charge on any atom is 0.247 e. The molecule has 4 aromatic rings. The Bertz CT molecular complexity index is 1390. The molecule has 202 valence electrons. The Morgan fingerprint density at radius 2 is 1.62 bits per heavy atom. The van der Waals surface area contributed by atoms with Gasteiger partial charge < -0.3 is 15.1 Å². The zero-order chi connectivity index (χ0) is 27.9. The van der Waals surface area contributed by atoms with Crippen molar-refractivity contribution in [3.8, 4) is 11.3 Å². The van der Waals surface area contributed by atoms with Crippen molar-refractivity contribution in [2.24, 2.45) is 5.92 Å². The summed E-state index contributed by atoms with van der Waals surface area (Å²) in [4.78, 5) is 35.9. The molecule has 39 heavy (non-hydrogen) atoms. The Balaban J connectivity index is 1.61. The average Bonchev–Trinajstić information content (AvgIpc) is 3.38. The molecule has 0 aliphatic carbocycles. The minimum Gasteiger partial charge on any atom is -0.378 e. The topological polar surface area (TPSA) is 65.5 Å². The Labute approximate surface area is 239 Å². The van der Waals surface area contributed by atoms with Crippen molar-refractivity contribution in [2.45, 2.75) is 32.9 Å². The maximum atomic E-state index is 13.8. The first-order chi connectivity index (χ1) is 18.7. The molecule has 1 atom stereocenters. The zero-order valence-electron chi connectivity index (χ0n) is 22.6. The zero-order valence-corrected chi connectivity index (χ0v) is 24.2. The van der Waals surface area contributed by atoms with Gasteiger partial charge in [0.05, 0.1) is 18.7 Å². The monoisotopic (exact) mass is 560 g/mol. The van der Waals surface area contributed by atoms with Gasteiger partial charge in [-0.1, -0.05) is 67.9 Å². The third-order valence-corrected chi connectivity index (χ3v) is 7.49. The van der Waals surface area contributed by atoms with Crippen LogP contribution in [0.15, 0.2) is 84.2 Å². The third kappa shape index (κ3) is 7.46. The van der Waals surface area contributed by atoms with E-state index >= 15 is 0 Å². The molecule has 0 saturated carbocycles. The molecular formula is C31H33ClN4O2S. The average molecular weight is 561 g/mol. The van der Waals surface area contributed by atoms with Gasteiger partial charge in [-0.3, -0.25) is 9.59 Å². The number of thiazole rings is 1. The number of carbonyl (C=O) groups excluding carboxylic acids is 2. The summed E-state index contributed by atoms with van der Waals surface area (Å²) < 4.78 is 0. The van der Waals surface area contributed by atoms with Gasteiger partial charge in [-0.05, 0) is 47.9 Å². The lowest BCUT2D eigenvalue weighted by molar-refractivity contribution is -0.140. The van der Waals surface area contributed by atoms with Crippen LogP contribution >= 0.6 is 22.9 Å². The number of nitrogens with zero attached hydrogens (tertiary/aromatic N) is 3. The molecule has 0 spiro atoms. The Hall–Kier alpha value is -3.68. The van der Waals surface area contributed by atoms with Gasteiger partial charge >= 0.3 is 0 Å². The molecule has 8 heteroatoms. The van der Waals surface area contributed by atoms with Crippen LogP contribution < -0.4 is 10.2 Å². The summed E-state index contributed by atoms with van der Waals surface area (Å²) in [7, 11) is 3.94. The number of hydrogen-bond donors (Lipinski definition) is 1. The lowest BCUT2D eigenvalue weighted by Crippen LogP contribution is -2.50. The fourth-order valence-corrected chi connectivity index (χ4v) is 5.29. The van der Waals surface area contributed by atoms with Crippen LogP contribution in [0.4, 0.5) is 11.4 Å². The van der Waals surface area contributed by atoms with Crippen LogP contribution in [-0.4, -0.2) is 41.8 Å². The predicted octanol–water partition coefficient (Wildman–Crippen LogP) is 6.76. The molecule has 0 bridgehead atoms. The normalized spacial score (nSPS) is 11.7. The summed E-state index contributed by atoms with van der Waals surface area (Å²) in [6.45, 7) is 4.16. The molecule has 0 radical (unpaired) electrons. The maximum absolute atomic E-state index is 13.8. The minimum atomic E-state index is -0.683. The van der Waals surface area contributed by atoms with Crippen LogP contribution in [0.1, 0.15) is 24.4 Å². The van der Waals surface area contributed by atoms with E-state index in [0.29, 0.717) is 10.7 Å². The van der Waals surface area contributed by atoms with Gasteiger partial charge in [0.2, 0.25) is 11.8 Å². The number of benzene rings is 3. The molecule has 1 N–H and O–H groups in total. The van der Waals surface area contributed by atoms with Gasteiger partial charge in [0, 0.05) is 41.4 Å². The van der Waals surface area contributed by atoms with E-state index in [4.69, 9.17) is 16.6 Å². The van der Waals surface area contributed by atoms with Crippen molar-refractivity contribution in [3.05, 3.63) is 99.8 Å². The van der Waals surface area contributed by atoms with Gasteiger partial charge in [-0.25, -0.2) is 4.98 Å². The van der Waals surface area contributed by atoms with Gasteiger partial charge in [0.25, 0.3) is 0 Å². The van der Waals surface area contributed by atoms with E-state index in [1.807, 2.05) is 117 Å². The van der Waals surface area contributed by atoms with E-state index in [9.17, 15) is 9.59 Å². The largest absolute Gasteiger partial charge is 0.378 e. The van der Waals surface area contributed by atoms with Gasteiger partial charge in [0.15, 0.2) is 0 Å². The second kappa shape index (κ2) is 12.9. The van der Waals surface area contributed by atoms with Crippen molar-refractivity contribution in [1.29, 1.82) is 0 Å². The molecule has 3 aromatic carbocycles. The van der Waals surface area contributed by atoms with Crippen molar-refractivity contribution in [2.75, 3.05) is 24.3 Å².